The van der Waals surface area contributed by atoms with Gasteiger partial charge in [-0.15, -0.1) is 0 Å². The van der Waals surface area contributed by atoms with E-state index in [1.54, 1.807) is 0 Å². The van der Waals surface area contributed by atoms with E-state index in [9.17, 15) is 20.1 Å². The number of hydrogen-bond acceptors (Lipinski definition) is 6. The number of fused-ring (bicyclic) bond motifs is 1. The lowest BCUT2D eigenvalue weighted by Gasteiger charge is -2.42. The molecule has 1 amide bonds. The number of nitrogens with two attached hydrogens (primary N) is 1. The second kappa shape index (κ2) is 3.06. The van der Waals surface area contributed by atoms with Gasteiger partial charge in [0.2, 0.25) is 0 Å². The standard InChI is InChI=1S/C7H12N2O5/c8-6-5(12)4(11)3(10)2-1-14-7(13)9(2)6/h2-6,10-12H,1,8H2/t2-,3-,4+,5+,6-/m1/s1. The molecule has 0 aromatic carbocycles. The second-order valence-electron chi connectivity index (χ2n) is 3.51. The van der Waals surface area contributed by atoms with Crippen molar-refractivity contribution in [2.75, 3.05) is 6.61 Å². The van der Waals surface area contributed by atoms with Crippen LogP contribution in [0.15, 0.2) is 0 Å². The van der Waals surface area contributed by atoms with Crippen molar-refractivity contribution in [3.05, 3.63) is 0 Å². The van der Waals surface area contributed by atoms with Gasteiger partial charge in [-0.25, -0.2) is 4.79 Å². The van der Waals surface area contributed by atoms with E-state index in [4.69, 9.17) is 5.73 Å². The van der Waals surface area contributed by atoms with Crippen molar-refractivity contribution in [2.45, 2.75) is 30.5 Å². The molecule has 0 saturated carbocycles. The predicted octanol–water partition coefficient (Wildman–Crippen LogP) is -2.81. The zero-order chi connectivity index (χ0) is 10.5. The fourth-order valence-electron chi connectivity index (χ4n) is 1.85. The van der Waals surface area contributed by atoms with Crippen LogP contribution in [-0.2, 0) is 4.74 Å². The van der Waals surface area contributed by atoms with Crippen LogP contribution in [0.25, 0.3) is 0 Å². The van der Waals surface area contributed by atoms with E-state index in [0.29, 0.717) is 0 Å². The first kappa shape index (κ1) is 9.66. The van der Waals surface area contributed by atoms with Crippen LogP contribution >= 0.6 is 0 Å². The molecule has 0 bridgehead atoms. The molecule has 0 unspecified atom stereocenters. The fraction of sp³-hybridized carbons (Fsp3) is 0.857. The van der Waals surface area contributed by atoms with Gasteiger partial charge in [-0.1, -0.05) is 0 Å². The highest BCUT2D eigenvalue weighted by molar-refractivity contribution is 5.71. The molecule has 7 heteroatoms. The second-order valence-corrected chi connectivity index (χ2v) is 3.51. The topological polar surface area (TPSA) is 116 Å². The van der Waals surface area contributed by atoms with Gasteiger partial charge in [0.15, 0.2) is 0 Å². The molecule has 0 spiro atoms. The fourth-order valence-corrected chi connectivity index (χ4v) is 1.85. The van der Waals surface area contributed by atoms with E-state index in [0.717, 1.165) is 4.90 Å². The van der Waals surface area contributed by atoms with Crippen molar-refractivity contribution in [1.29, 1.82) is 0 Å². The number of aliphatic hydroxyl groups excluding tert-OH is 3. The van der Waals surface area contributed by atoms with Crippen molar-refractivity contribution in [3.63, 3.8) is 0 Å². The molecule has 2 heterocycles. The quantitative estimate of drug-likeness (QED) is 0.338. The Labute approximate surface area is 79.7 Å². The third kappa shape index (κ3) is 1.10. The number of ether oxygens (including phenoxy) is 1. The molecule has 80 valence electrons. The van der Waals surface area contributed by atoms with Crippen LogP contribution in [0.2, 0.25) is 0 Å². The Balaban J connectivity index is 2.27. The van der Waals surface area contributed by atoms with E-state index >= 15 is 0 Å². The number of amides is 1. The van der Waals surface area contributed by atoms with E-state index in [1.807, 2.05) is 0 Å². The summed E-state index contributed by atoms with van der Waals surface area (Å²) in [4.78, 5) is 12.2. The van der Waals surface area contributed by atoms with Gasteiger partial charge in [0, 0.05) is 0 Å². The Bertz CT molecular complexity index is 260. The molecule has 5 N–H and O–H groups in total. The average molecular weight is 204 g/mol. The van der Waals surface area contributed by atoms with Gasteiger partial charge in [-0.3, -0.25) is 4.90 Å². The first-order valence-electron chi connectivity index (χ1n) is 4.29. The summed E-state index contributed by atoms with van der Waals surface area (Å²) in [6.45, 7) is -0.0164. The molecule has 7 nitrogen and oxygen atoms in total. The van der Waals surface area contributed by atoms with Gasteiger partial charge in [-0.05, 0) is 0 Å². The number of rotatable bonds is 0. The Hall–Kier alpha value is -0.890. The van der Waals surface area contributed by atoms with Crippen LogP contribution in [0, 0.1) is 0 Å². The van der Waals surface area contributed by atoms with Crippen LogP contribution in [0.4, 0.5) is 4.79 Å². The molecule has 2 aliphatic rings. The zero-order valence-corrected chi connectivity index (χ0v) is 7.28. The molecular formula is C7H12N2O5. The summed E-state index contributed by atoms with van der Waals surface area (Å²) >= 11 is 0. The Morgan fingerprint density at radius 3 is 2.57 bits per heavy atom. The number of carbonyl (C=O) groups excluding carboxylic acids is 1. The van der Waals surface area contributed by atoms with Gasteiger partial charge in [0.25, 0.3) is 0 Å². The molecule has 14 heavy (non-hydrogen) atoms. The van der Waals surface area contributed by atoms with Gasteiger partial charge in [-0.2, -0.15) is 0 Å². The molecule has 2 saturated heterocycles. The van der Waals surface area contributed by atoms with Crippen LogP contribution in [-0.4, -0.2) is 63.4 Å². The van der Waals surface area contributed by atoms with Gasteiger partial charge in [0.05, 0.1) is 6.04 Å². The summed E-state index contributed by atoms with van der Waals surface area (Å²) in [7, 11) is 0. The molecule has 2 rings (SSSR count). The lowest BCUT2D eigenvalue weighted by molar-refractivity contribution is -0.140. The zero-order valence-electron chi connectivity index (χ0n) is 7.28. The average Bonchev–Trinajstić information content (AvgIpc) is 2.54. The number of aliphatic hydroxyl groups is 3. The highest BCUT2D eigenvalue weighted by atomic mass is 16.6. The number of cyclic esters (lactones) is 1. The number of nitrogens with zero attached hydrogens (tertiary/aromatic N) is 1. The number of piperidine rings is 1. The van der Waals surface area contributed by atoms with Crippen LogP contribution in [0.3, 0.4) is 0 Å². The maximum absolute atomic E-state index is 11.1. The minimum atomic E-state index is -1.35. The summed E-state index contributed by atoms with van der Waals surface area (Å²) in [5.41, 5.74) is 5.51. The maximum atomic E-state index is 11.1. The smallest absolute Gasteiger partial charge is 0.411 e. The third-order valence-corrected chi connectivity index (χ3v) is 2.71. The maximum Gasteiger partial charge on any atom is 0.411 e. The summed E-state index contributed by atoms with van der Waals surface area (Å²) in [5.74, 6) is 0. The molecule has 2 fully saturated rings. The van der Waals surface area contributed by atoms with Crippen molar-refractivity contribution < 1.29 is 24.9 Å². The molecule has 0 aliphatic carbocycles. The Kier molecular flexibility index (Phi) is 2.11. The van der Waals surface area contributed by atoms with Crippen molar-refractivity contribution >= 4 is 6.09 Å². The van der Waals surface area contributed by atoms with Crippen molar-refractivity contribution in [1.82, 2.24) is 4.90 Å². The summed E-state index contributed by atoms with van der Waals surface area (Å²) < 4.78 is 4.66. The molecular weight excluding hydrogens is 192 g/mol. The molecule has 0 aromatic heterocycles. The van der Waals surface area contributed by atoms with Crippen LogP contribution < -0.4 is 5.73 Å². The normalized spacial score (nSPS) is 47.6. The van der Waals surface area contributed by atoms with E-state index in [1.165, 1.54) is 0 Å². The minimum absolute atomic E-state index is 0.0164. The van der Waals surface area contributed by atoms with Gasteiger partial charge < -0.3 is 25.8 Å². The summed E-state index contributed by atoms with van der Waals surface area (Å²) in [6.07, 6.45) is -5.63. The minimum Gasteiger partial charge on any atom is -0.447 e. The number of hydrogen-bond donors (Lipinski definition) is 4. The Morgan fingerprint density at radius 1 is 1.29 bits per heavy atom. The highest BCUT2D eigenvalue weighted by Gasteiger charge is 2.52. The van der Waals surface area contributed by atoms with Crippen molar-refractivity contribution in [3.8, 4) is 0 Å². The SMILES string of the molecule is N[C@H]1[C@@H](O)[C@@H](O)[C@H](O)[C@H]2COC(=O)N21. The van der Waals surface area contributed by atoms with Crippen molar-refractivity contribution in [2.24, 2.45) is 5.73 Å². The largest absolute Gasteiger partial charge is 0.447 e. The molecule has 0 radical (unpaired) electrons. The molecule has 2 aliphatic heterocycles. The summed E-state index contributed by atoms with van der Waals surface area (Å²) in [6, 6.07) is -0.670. The Morgan fingerprint density at radius 2 is 1.93 bits per heavy atom. The summed E-state index contributed by atoms with van der Waals surface area (Å²) in [5, 5.41) is 28.3. The first-order valence-corrected chi connectivity index (χ1v) is 4.29. The predicted molar refractivity (Wildman–Crippen MR) is 43.0 cm³/mol. The van der Waals surface area contributed by atoms with Crippen LogP contribution in [0.1, 0.15) is 0 Å². The lowest BCUT2D eigenvalue weighted by atomic mass is 9.93. The highest BCUT2D eigenvalue weighted by Crippen LogP contribution is 2.27. The number of carbonyl (C=O) groups is 1. The van der Waals surface area contributed by atoms with Gasteiger partial charge >= 0.3 is 6.09 Å². The molecule has 0 aromatic rings. The lowest BCUT2D eigenvalue weighted by Crippen LogP contribution is -2.68. The van der Waals surface area contributed by atoms with E-state index < -0.39 is 36.6 Å². The third-order valence-electron chi connectivity index (χ3n) is 2.71. The molecule has 5 atom stereocenters. The van der Waals surface area contributed by atoms with E-state index in [2.05, 4.69) is 4.74 Å². The van der Waals surface area contributed by atoms with E-state index in [-0.39, 0.29) is 6.61 Å². The van der Waals surface area contributed by atoms with Crippen LogP contribution in [0.5, 0.6) is 0 Å². The monoisotopic (exact) mass is 204 g/mol. The first-order chi connectivity index (χ1) is 6.54. The van der Waals surface area contributed by atoms with Gasteiger partial charge in [0.1, 0.15) is 31.1 Å².